The van der Waals surface area contributed by atoms with Crippen molar-refractivity contribution in [1.82, 2.24) is 10.2 Å². The van der Waals surface area contributed by atoms with Gasteiger partial charge in [-0.1, -0.05) is 26.0 Å². The van der Waals surface area contributed by atoms with Gasteiger partial charge in [0, 0.05) is 22.2 Å². The predicted molar refractivity (Wildman–Crippen MR) is 104 cm³/mol. The van der Waals surface area contributed by atoms with E-state index in [0.29, 0.717) is 6.54 Å². The van der Waals surface area contributed by atoms with Crippen LogP contribution < -0.4 is 5.32 Å². The van der Waals surface area contributed by atoms with E-state index in [1.807, 2.05) is 18.2 Å². The Balaban J connectivity index is 0.00000242. The van der Waals surface area contributed by atoms with E-state index in [2.05, 4.69) is 64.9 Å². The zero-order valence-corrected chi connectivity index (χ0v) is 15.9. The molecule has 1 N–H and O–H groups in total. The molecule has 2 aromatic carbocycles. The van der Waals surface area contributed by atoms with E-state index in [9.17, 15) is 4.79 Å². The molecule has 22 heavy (non-hydrogen) atoms. The minimum Gasteiger partial charge on any atom is -0.351 e. The van der Waals surface area contributed by atoms with E-state index < -0.39 is 0 Å². The Morgan fingerprint density at radius 1 is 1.09 bits per heavy atom. The largest absolute Gasteiger partial charge is 0.351 e. The maximum Gasteiger partial charge on any atom is 0.251 e. The summed E-state index contributed by atoms with van der Waals surface area (Å²) in [7, 11) is 0. The molecule has 2 rings (SSSR count). The molecular formula is C17H22ClIN2O. The molecule has 0 fully saturated rings. The van der Waals surface area contributed by atoms with Gasteiger partial charge in [-0.05, 0) is 70.7 Å². The van der Waals surface area contributed by atoms with Gasteiger partial charge in [-0.3, -0.25) is 4.79 Å². The first-order chi connectivity index (χ1) is 10.1. The Labute approximate surface area is 152 Å². The molecule has 0 saturated heterocycles. The predicted octanol–water partition coefficient (Wildman–Crippen LogP) is 3.94. The number of fused-ring (bicyclic) bond motifs is 1. The molecule has 0 aliphatic rings. The summed E-state index contributed by atoms with van der Waals surface area (Å²) in [5.41, 5.74) is 0.725. The van der Waals surface area contributed by atoms with Gasteiger partial charge < -0.3 is 10.2 Å². The lowest BCUT2D eigenvalue weighted by Crippen LogP contribution is -2.34. The second-order valence-corrected chi connectivity index (χ2v) is 6.23. The van der Waals surface area contributed by atoms with Gasteiger partial charge in [0.25, 0.3) is 5.91 Å². The van der Waals surface area contributed by atoms with Gasteiger partial charge in [0.05, 0.1) is 0 Å². The average molecular weight is 431 g/mol. The normalized spacial score (nSPS) is 10.5. The molecule has 0 aromatic heterocycles. The number of likely N-dealkylation sites (N-methyl/N-ethyl adjacent to an activating group) is 1. The van der Waals surface area contributed by atoms with Crippen LogP contribution in [0, 0.1) is 3.57 Å². The summed E-state index contributed by atoms with van der Waals surface area (Å²) in [6, 6.07) is 12.1. The Hall–Kier alpha value is -0.850. The van der Waals surface area contributed by atoms with Crippen molar-refractivity contribution in [2.45, 2.75) is 13.8 Å². The van der Waals surface area contributed by atoms with Crippen LogP contribution in [0.1, 0.15) is 24.2 Å². The maximum absolute atomic E-state index is 12.2. The van der Waals surface area contributed by atoms with Crippen LogP contribution in [0.15, 0.2) is 36.4 Å². The third-order valence-corrected chi connectivity index (χ3v) is 4.34. The Morgan fingerprint density at radius 3 is 2.41 bits per heavy atom. The number of carbonyl (C=O) groups is 1. The van der Waals surface area contributed by atoms with Crippen molar-refractivity contribution in [2.75, 3.05) is 26.2 Å². The van der Waals surface area contributed by atoms with Crippen LogP contribution in [0.25, 0.3) is 10.8 Å². The summed E-state index contributed by atoms with van der Waals surface area (Å²) in [4.78, 5) is 14.5. The van der Waals surface area contributed by atoms with Crippen molar-refractivity contribution in [1.29, 1.82) is 0 Å². The first kappa shape index (κ1) is 19.2. The lowest BCUT2D eigenvalue weighted by Gasteiger charge is -2.18. The first-order valence-electron chi connectivity index (χ1n) is 7.34. The number of carbonyl (C=O) groups excluding carboxylic acids is 1. The molecule has 0 radical (unpaired) electrons. The maximum atomic E-state index is 12.2. The van der Waals surface area contributed by atoms with E-state index in [1.54, 1.807) is 0 Å². The molecule has 0 aliphatic carbocycles. The molecule has 120 valence electrons. The van der Waals surface area contributed by atoms with Crippen LogP contribution >= 0.6 is 35.0 Å². The zero-order chi connectivity index (χ0) is 15.2. The summed E-state index contributed by atoms with van der Waals surface area (Å²) in [6.45, 7) is 7.88. The number of hydrogen-bond acceptors (Lipinski definition) is 2. The highest BCUT2D eigenvalue weighted by Gasteiger charge is 2.07. The molecule has 0 bridgehead atoms. The summed E-state index contributed by atoms with van der Waals surface area (Å²) >= 11 is 2.30. The van der Waals surface area contributed by atoms with E-state index >= 15 is 0 Å². The average Bonchev–Trinajstić information content (AvgIpc) is 2.50. The highest BCUT2D eigenvalue weighted by atomic mass is 125. The number of nitrogens with one attached hydrogen (secondary N) is 1. The fourth-order valence-electron chi connectivity index (χ4n) is 2.33. The van der Waals surface area contributed by atoms with Crippen molar-refractivity contribution < 1.29 is 4.79 Å². The third-order valence-electron chi connectivity index (χ3n) is 3.67. The topological polar surface area (TPSA) is 32.3 Å². The van der Waals surface area contributed by atoms with E-state index in [-0.39, 0.29) is 18.3 Å². The number of amides is 1. The van der Waals surface area contributed by atoms with Crippen molar-refractivity contribution in [3.63, 3.8) is 0 Å². The van der Waals surface area contributed by atoms with Gasteiger partial charge >= 0.3 is 0 Å². The van der Waals surface area contributed by atoms with E-state index in [0.717, 1.165) is 30.6 Å². The molecule has 0 heterocycles. The fourth-order valence-corrected chi connectivity index (χ4v) is 2.84. The first-order valence-corrected chi connectivity index (χ1v) is 8.41. The third kappa shape index (κ3) is 5.11. The summed E-state index contributed by atoms with van der Waals surface area (Å²) in [6.07, 6.45) is 0. The minimum atomic E-state index is 0. The molecule has 0 spiro atoms. The molecule has 0 atom stereocenters. The fraction of sp³-hybridized carbons (Fsp3) is 0.353. The smallest absolute Gasteiger partial charge is 0.251 e. The molecular weight excluding hydrogens is 409 g/mol. The summed E-state index contributed by atoms with van der Waals surface area (Å²) < 4.78 is 1.21. The minimum absolute atomic E-state index is 0. The zero-order valence-electron chi connectivity index (χ0n) is 12.9. The second-order valence-electron chi connectivity index (χ2n) is 4.99. The van der Waals surface area contributed by atoms with Gasteiger partial charge in [0.15, 0.2) is 0 Å². The van der Waals surface area contributed by atoms with Gasteiger partial charge in [-0.2, -0.15) is 0 Å². The quantitative estimate of drug-likeness (QED) is 0.704. The molecule has 2 aromatic rings. The Bertz CT molecular complexity index is 629. The van der Waals surface area contributed by atoms with Crippen LogP contribution in [0.2, 0.25) is 0 Å². The van der Waals surface area contributed by atoms with Crippen molar-refractivity contribution in [3.8, 4) is 0 Å². The highest BCUT2D eigenvalue weighted by Crippen LogP contribution is 2.19. The van der Waals surface area contributed by atoms with Crippen LogP contribution in [-0.4, -0.2) is 37.0 Å². The molecule has 1 amide bonds. The molecule has 5 heteroatoms. The monoisotopic (exact) mass is 430 g/mol. The van der Waals surface area contributed by atoms with Gasteiger partial charge in [-0.25, -0.2) is 0 Å². The Kier molecular flexibility index (Phi) is 8.14. The van der Waals surface area contributed by atoms with Crippen LogP contribution in [0.5, 0.6) is 0 Å². The van der Waals surface area contributed by atoms with E-state index in [4.69, 9.17) is 0 Å². The van der Waals surface area contributed by atoms with Crippen LogP contribution in [-0.2, 0) is 0 Å². The van der Waals surface area contributed by atoms with Gasteiger partial charge in [0.1, 0.15) is 0 Å². The SMILES string of the molecule is CCN(CC)CCNC(=O)c1ccc2cc([125I])ccc2c1.Cl. The van der Waals surface area contributed by atoms with Crippen molar-refractivity contribution in [3.05, 3.63) is 45.5 Å². The lowest BCUT2D eigenvalue weighted by atomic mass is 10.1. The Morgan fingerprint density at radius 2 is 1.73 bits per heavy atom. The van der Waals surface area contributed by atoms with Gasteiger partial charge in [0.2, 0.25) is 0 Å². The molecule has 0 aliphatic heterocycles. The molecule has 3 nitrogen and oxygen atoms in total. The van der Waals surface area contributed by atoms with Crippen molar-refractivity contribution in [2.24, 2.45) is 0 Å². The lowest BCUT2D eigenvalue weighted by molar-refractivity contribution is 0.0949. The highest BCUT2D eigenvalue weighted by molar-refractivity contribution is 14.1. The van der Waals surface area contributed by atoms with Crippen LogP contribution in [0.3, 0.4) is 0 Å². The number of rotatable bonds is 6. The number of hydrogen-bond donors (Lipinski definition) is 1. The molecule has 0 saturated carbocycles. The molecule has 0 unspecified atom stereocenters. The van der Waals surface area contributed by atoms with E-state index in [1.165, 1.54) is 8.96 Å². The van der Waals surface area contributed by atoms with Crippen LogP contribution in [0.4, 0.5) is 0 Å². The van der Waals surface area contributed by atoms with Crippen molar-refractivity contribution >= 4 is 51.7 Å². The standard InChI is InChI=1S/C17H21IN2O.ClH/c1-3-20(4-2)10-9-19-17(21)15-6-5-14-12-16(18)8-7-13(14)11-15;/h5-8,11-12H,3-4,9-10H2,1-2H3,(H,19,21);1H/i18-2;. The number of nitrogens with zero attached hydrogens (tertiary/aromatic N) is 1. The summed E-state index contributed by atoms with van der Waals surface area (Å²) in [5, 5.41) is 5.26. The number of benzene rings is 2. The number of halogens is 2. The van der Waals surface area contributed by atoms with Gasteiger partial charge in [-0.15, -0.1) is 12.4 Å². The second kappa shape index (κ2) is 9.33. The summed E-state index contributed by atoms with van der Waals surface area (Å²) in [5.74, 6) is 0.00241.